The minimum absolute atomic E-state index is 0.104. The Morgan fingerprint density at radius 2 is 1.06 bits per heavy atom. The highest BCUT2D eigenvalue weighted by Gasteiger charge is 2.73. The Hall–Kier alpha value is -4.38. The predicted octanol–water partition coefficient (Wildman–Crippen LogP) is 10.3. The summed E-state index contributed by atoms with van der Waals surface area (Å²) in [5.41, 5.74) is 3.25. The van der Waals surface area contributed by atoms with E-state index in [1.165, 1.54) is 23.0 Å². The van der Waals surface area contributed by atoms with Gasteiger partial charge in [0.1, 0.15) is 19.5 Å². The molecule has 6 unspecified atom stereocenters. The van der Waals surface area contributed by atoms with Crippen LogP contribution in [0.3, 0.4) is 0 Å². The zero-order valence-electron chi connectivity index (χ0n) is 34.5. The Kier molecular flexibility index (Phi) is 12.2. The second-order valence-electron chi connectivity index (χ2n) is 16.6. The molecule has 64 heavy (non-hydrogen) atoms. The fourth-order valence-electron chi connectivity index (χ4n) is 9.98. The summed E-state index contributed by atoms with van der Waals surface area (Å²) in [6.07, 6.45) is 5.01. The van der Waals surface area contributed by atoms with E-state index in [1.807, 2.05) is 66.7 Å². The lowest BCUT2D eigenvalue weighted by Gasteiger charge is -2.20. The quantitative estimate of drug-likeness (QED) is 0.108. The molecule has 6 aromatic rings. The van der Waals surface area contributed by atoms with Crippen LogP contribution in [0.5, 0.6) is 0 Å². The van der Waals surface area contributed by atoms with Crippen molar-refractivity contribution in [3.63, 3.8) is 0 Å². The van der Waals surface area contributed by atoms with Gasteiger partial charge in [-0.25, -0.2) is 21.6 Å². The summed E-state index contributed by atoms with van der Waals surface area (Å²) in [5.74, 6) is -2.55. The molecule has 2 heterocycles. The van der Waals surface area contributed by atoms with Crippen molar-refractivity contribution >= 4 is 77.9 Å². The number of thiophene rings is 2. The van der Waals surface area contributed by atoms with Gasteiger partial charge in [0.15, 0.2) is 0 Å². The average molecular weight is 976 g/mol. The van der Waals surface area contributed by atoms with Gasteiger partial charge in [-0.2, -0.15) is 9.44 Å². The maximum Gasteiger partial charge on any atom is 0.328 e. The SMILES string of the molecule is CCOC(=O)C1(NS(=O)(=O)c2ccc(-c3ccc(Cl)cc3)s2)C2CCCc3ccccc3C21.O=C(O)C1(NS(=O)(=O)c2ccc(-c3ccc(Cl)cc3)s2)C2CCCc3ccccc3C21. The molecule has 0 spiro atoms. The molecule has 0 bridgehead atoms. The second-order valence-corrected chi connectivity index (χ2v) is 23.4. The van der Waals surface area contributed by atoms with Crippen molar-refractivity contribution < 1.29 is 36.3 Å². The van der Waals surface area contributed by atoms with Crippen molar-refractivity contribution in [2.75, 3.05) is 6.61 Å². The number of fused-ring (bicyclic) bond motifs is 6. The highest BCUT2D eigenvalue weighted by atomic mass is 35.5. The molecule has 3 N–H and O–H groups in total. The molecule has 0 saturated heterocycles. The number of nitrogens with one attached hydrogen (secondary N) is 2. The van der Waals surface area contributed by atoms with Crippen LogP contribution in [-0.4, -0.2) is 51.6 Å². The summed E-state index contributed by atoms with van der Waals surface area (Å²) < 4.78 is 64.6. The van der Waals surface area contributed by atoms with Gasteiger partial charge in [0.2, 0.25) is 0 Å². The Morgan fingerprint density at radius 1 is 0.641 bits per heavy atom. The van der Waals surface area contributed by atoms with E-state index in [0.29, 0.717) is 16.5 Å². The first kappa shape index (κ1) is 44.8. The summed E-state index contributed by atoms with van der Waals surface area (Å²) in [7, 11) is -7.95. The number of carboxylic acids is 1. The summed E-state index contributed by atoms with van der Waals surface area (Å²) in [5, 5.41) is 11.4. The van der Waals surface area contributed by atoms with Crippen LogP contribution in [0, 0.1) is 11.8 Å². The maximum atomic E-state index is 13.5. The number of carbonyl (C=O) groups excluding carboxylic acids is 1. The summed E-state index contributed by atoms with van der Waals surface area (Å²) >= 11 is 14.2. The van der Waals surface area contributed by atoms with Gasteiger partial charge in [-0.1, -0.05) is 96.0 Å². The third-order valence-electron chi connectivity index (χ3n) is 13.0. The van der Waals surface area contributed by atoms with Crippen molar-refractivity contribution in [2.24, 2.45) is 11.8 Å². The van der Waals surface area contributed by atoms with Crippen molar-refractivity contribution in [1.82, 2.24) is 9.44 Å². The Morgan fingerprint density at radius 3 is 1.52 bits per heavy atom. The topological polar surface area (TPSA) is 156 Å². The molecule has 4 aliphatic carbocycles. The van der Waals surface area contributed by atoms with E-state index < -0.39 is 43.1 Å². The lowest BCUT2D eigenvalue weighted by Crippen LogP contribution is -2.47. The van der Waals surface area contributed by atoms with E-state index in [4.69, 9.17) is 27.9 Å². The number of aryl methyl sites for hydroxylation is 2. The molecule has 0 radical (unpaired) electrons. The largest absolute Gasteiger partial charge is 0.480 e. The molecule has 2 fully saturated rings. The van der Waals surface area contributed by atoms with Gasteiger partial charge in [0.25, 0.3) is 20.0 Å². The number of hydrogen-bond donors (Lipinski definition) is 3. The molecular formula is C48H44Cl2N2O8S4. The summed E-state index contributed by atoms with van der Waals surface area (Å²) in [6.45, 7) is 1.94. The number of halogens is 2. The molecule has 0 aliphatic heterocycles. The van der Waals surface area contributed by atoms with Crippen molar-refractivity contribution in [1.29, 1.82) is 0 Å². The molecule has 10 nitrogen and oxygen atoms in total. The molecule has 332 valence electrons. The molecular weight excluding hydrogens is 932 g/mol. The molecule has 4 aromatic carbocycles. The number of benzene rings is 4. The number of sulfonamides is 2. The van der Waals surface area contributed by atoms with Crippen LogP contribution in [0.15, 0.2) is 130 Å². The van der Waals surface area contributed by atoms with Crippen LogP contribution in [0.2, 0.25) is 10.0 Å². The molecule has 10 rings (SSSR count). The van der Waals surface area contributed by atoms with Crippen LogP contribution in [0.25, 0.3) is 20.9 Å². The van der Waals surface area contributed by atoms with Gasteiger partial charge in [0.05, 0.1) is 6.61 Å². The van der Waals surface area contributed by atoms with Gasteiger partial charge in [-0.15, -0.1) is 22.7 Å². The molecule has 2 aromatic heterocycles. The lowest BCUT2D eigenvalue weighted by atomic mass is 9.97. The Labute approximate surface area is 390 Å². The minimum atomic E-state index is -4.01. The first-order valence-corrected chi connectivity index (χ1v) is 26.4. The number of carboxylic acid groups (broad SMARTS) is 1. The first-order valence-electron chi connectivity index (χ1n) is 21.1. The van der Waals surface area contributed by atoms with E-state index >= 15 is 0 Å². The van der Waals surface area contributed by atoms with Crippen LogP contribution < -0.4 is 9.44 Å². The number of rotatable bonds is 11. The van der Waals surface area contributed by atoms with Gasteiger partial charge < -0.3 is 9.84 Å². The standard InChI is InChI=1S/C25H24ClNO4S2.C23H20ClNO4S2/c1-2-31-24(28)25(20-9-5-7-16-6-3-4-8-19(16)23(20)25)27-33(29,30)22-15-14-21(32-22)17-10-12-18(26)13-11-17;24-16-10-8-15(9-11-16)19-12-13-20(30-19)31(28,29)25-23(22(26)27)18-7-3-5-14-4-1-2-6-17(14)21(18)23/h3-4,6,8,10-15,20,23,27H,2,5,7,9H2,1H3;1-2,4,6,8-13,18,21,25H,3,5,7H2,(H,26,27). The third-order valence-corrected chi connectivity index (χ3v) is 19.7. The van der Waals surface area contributed by atoms with Crippen LogP contribution >= 0.6 is 45.9 Å². The Balaban J connectivity index is 0.000000162. The predicted molar refractivity (Wildman–Crippen MR) is 251 cm³/mol. The zero-order chi connectivity index (χ0) is 45.0. The van der Waals surface area contributed by atoms with Gasteiger partial charge in [-0.05, 0) is 139 Å². The molecule has 6 atom stereocenters. The van der Waals surface area contributed by atoms with Crippen LogP contribution in [-0.2, 0) is 47.2 Å². The smallest absolute Gasteiger partial charge is 0.328 e. The fourth-order valence-corrected chi connectivity index (χ4v) is 15.7. The van der Waals surface area contributed by atoms with E-state index in [-0.39, 0.29) is 38.7 Å². The van der Waals surface area contributed by atoms with Gasteiger partial charge >= 0.3 is 11.9 Å². The number of esters is 1. The van der Waals surface area contributed by atoms with Crippen LogP contribution in [0.4, 0.5) is 0 Å². The van der Waals surface area contributed by atoms with Gasteiger partial charge in [-0.3, -0.25) is 4.79 Å². The second kappa shape index (κ2) is 17.4. The number of carbonyl (C=O) groups is 2. The van der Waals surface area contributed by atoms with Crippen LogP contribution in [0.1, 0.15) is 66.7 Å². The molecule has 0 amide bonds. The monoisotopic (exact) mass is 974 g/mol. The lowest BCUT2D eigenvalue weighted by molar-refractivity contribution is -0.147. The number of ether oxygens (including phenoxy) is 1. The average Bonchev–Trinajstić information content (AvgIpc) is 3.87. The molecule has 4 aliphatic rings. The fraction of sp³-hybridized carbons (Fsp3) is 0.292. The normalized spacial score (nSPS) is 24.2. The van der Waals surface area contributed by atoms with Crippen molar-refractivity contribution in [2.45, 2.75) is 76.8 Å². The van der Waals surface area contributed by atoms with E-state index in [2.05, 4.69) is 15.5 Å². The van der Waals surface area contributed by atoms with Crippen molar-refractivity contribution in [3.8, 4) is 20.9 Å². The van der Waals surface area contributed by atoms with E-state index in [0.717, 1.165) is 81.0 Å². The molecule has 16 heteroatoms. The zero-order valence-corrected chi connectivity index (χ0v) is 39.3. The summed E-state index contributed by atoms with van der Waals surface area (Å²) in [6, 6.07) is 36.8. The highest BCUT2D eigenvalue weighted by molar-refractivity contribution is 7.92. The Bertz CT molecular complexity index is 2970. The minimum Gasteiger partial charge on any atom is -0.480 e. The third kappa shape index (κ3) is 8.14. The highest BCUT2D eigenvalue weighted by Crippen LogP contribution is 2.64. The van der Waals surface area contributed by atoms with Crippen molar-refractivity contribution in [3.05, 3.63) is 154 Å². The number of aliphatic carboxylic acids is 1. The molecule has 2 saturated carbocycles. The van der Waals surface area contributed by atoms with E-state index in [9.17, 15) is 31.5 Å². The maximum absolute atomic E-state index is 13.5. The summed E-state index contributed by atoms with van der Waals surface area (Å²) in [4.78, 5) is 27.2. The first-order chi connectivity index (χ1) is 30.7. The number of hydrogen-bond acceptors (Lipinski definition) is 9. The van der Waals surface area contributed by atoms with E-state index in [1.54, 1.807) is 49.4 Å². The van der Waals surface area contributed by atoms with Gasteiger partial charge in [0, 0.05) is 31.6 Å².